The molecule has 1 aromatic carbocycles. The first-order valence-corrected chi connectivity index (χ1v) is 7.47. The molecule has 0 aliphatic heterocycles. The molecule has 0 aromatic heterocycles. The molecule has 0 saturated heterocycles. The second-order valence-electron chi connectivity index (χ2n) is 6.50. The Hall–Kier alpha value is -1.29. The smallest absolute Gasteiger partial charge is 0.163 e. The summed E-state index contributed by atoms with van der Waals surface area (Å²) in [5.74, 6) is 0.723. The van der Waals surface area contributed by atoms with Gasteiger partial charge in [0, 0.05) is 17.7 Å². The van der Waals surface area contributed by atoms with E-state index in [4.69, 9.17) is 9.47 Å². The van der Waals surface area contributed by atoms with Crippen molar-refractivity contribution in [3.63, 3.8) is 0 Å². The Balaban J connectivity index is 3.16. The van der Waals surface area contributed by atoms with Gasteiger partial charge in [0.15, 0.2) is 11.5 Å². The van der Waals surface area contributed by atoms with Crippen molar-refractivity contribution < 1.29 is 13.9 Å². The Morgan fingerprint density at radius 1 is 1.14 bits per heavy atom. The Morgan fingerprint density at radius 3 is 2.19 bits per heavy atom. The molecule has 0 radical (unpaired) electrons. The van der Waals surface area contributed by atoms with E-state index >= 15 is 0 Å². The summed E-state index contributed by atoms with van der Waals surface area (Å²) in [4.78, 5) is 0. The largest absolute Gasteiger partial charge is 0.493 e. The normalized spacial score (nSPS) is 13.1. The van der Waals surface area contributed by atoms with E-state index in [2.05, 4.69) is 33.0 Å². The highest BCUT2D eigenvalue weighted by Gasteiger charge is 2.24. The molecule has 0 saturated carbocycles. The fourth-order valence-corrected chi connectivity index (χ4v) is 2.36. The summed E-state index contributed by atoms with van der Waals surface area (Å²) in [6.45, 7) is 9.44. The van der Waals surface area contributed by atoms with Crippen LogP contribution in [0.25, 0.3) is 0 Å². The van der Waals surface area contributed by atoms with Crippen LogP contribution in [0.1, 0.15) is 52.1 Å². The standard InChI is InChI=1S/C17H28FNO2/c1-7-8-19-14(11-17(2,3)4)12-9-15(20-5)16(21-6)10-13(12)18/h9-10,14,19H,7-8,11H2,1-6H3. The molecule has 1 atom stereocenters. The van der Waals surface area contributed by atoms with Gasteiger partial charge in [0.05, 0.1) is 14.2 Å². The lowest BCUT2D eigenvalue weighted by atomic mass is 9.85. The topological polar surface area (TPSA) is 30.5 Å². The van der Waals surface area contributed by atoms with E-state index in [0.717, 1.165) is 19.4 Å². The number of halogens is 1. The van der Waals surface area contributed by atoms with Crippen molar-refractivity contribution in [1.29, 1.82) is 0 Å². The number of hydrogen-bond acceptors (Lipinski definition) is 3. The van der Waals surface area contributed by atoms with E-state index in [9.17, 15) is 4.39 Å². The van der Waals surface area contributed by atoms with Gasteiger partial charge in [-0.1, -0.05) is 27.7 Å². The minimum atomic E-state index is -0.259. The predicted molar refractivity (Wildman–Crippen MR) is 84.6 cm³/mol. The van der Waals surface area contributed by atoms with Crippen molar-refractivity contribution in [2.45, 2.75) is 46.6 Å². The average molecular weight is 297 g/mol. The third-order valence-electron chi connectivity index (χ3n) is 3.34. The van der Waals surface area contributed by atoms with Crippen LogP contribution in [0, 0.1) is 11.2 Å². The minimum Gasteiger partial charge on any atom is -0.493 e. The summed E-state index contributed by atoms with van der Waals surface area (Å²) in [7, 11) is 3.08. The van der Waals surface area contributed by atoms with Gasteiger partial charge in [0.1, 0.15) is 5.82 Å². The van der Waals surface area contributed by atoms with Crippen LogP contribution in [0.2, 0.25) is 0 Å². The number of rotatable bonds is 7. The van der Waals surface area contributed by atoms with E-state index in [1.165, 1.54) is 13.2 Å². The minimum absolute atomic E-state index is 0.0373. The van der Waals surface area contributed by atoms with Gasteiger partial charge in [-0.25, -0.2) is 4.39 Å². The summed E-state index contributed by atoms with van der Waals surface area (Å²) in [6.07, 6.45) is 1.86. The molecular weight excluding hydrogens is 269 g/mol. The van der Waals surface area contributed by atoms with Crippen molar-refractivity contribution >= 4 is 0 Å². The molecule has 1 rings (SSSR count). The lowest BCUT2D eigenvalue weighted by Gasteiger charge is -2.28. The molecule has 0 bridgehead atoms. The van der Waals surface area contributed by atoms with E-state index in [-0.39, 0.29) is 17.3 Å². The first-order valence-electron chi connectivity index (χ1n) is 7.47. The molecule has 0 spiro atoms. The Bertz CT molecular complexity index is 455. The number of methoxy groups -OCH3 is 2. The van der Waals surface area contributed by atoms with Crippen LogP contribution in [0.15, 0.2) is 12.1 Å². The molecule has 0 fully saturated rings. The van der Waals surface area contributed by atoms with Gasteiger partial charge in [-0.2, -0.15) is 0 Å². The molecule has 0 aliphatic rings. The molecule has 1 N–H and O–H groups in total. The SMILES string of the molecule is CCCNC(CC(C)(C)C)c1cc(OC)c(OC)cc1F. The van der Waals surface area contributed by atoms with Gasteiger partial charge < -0.3 is 14.8 Å². The van der Waals surface area contributed by atoms with Gasteiger partial charge in [-0.05, 0) is 30.9 Å². The molecule has 4 heteroatoms. The van der Waals surface area contributed by atoms with E-state index in [0.29, 0.717) is 17.1 Å². The zero-order valence-corrected chi connectivity index (χ0v) is 14.0. The third-order valence-corrected chi connectivity index (χ3v) is 3.34. The molecule has 0 amide bonds. The van der Waals surface area contributed by atoms with Crippen molar-refractivity contribution in [3.05, 3.63) is 23.5 Å². The van der Waals surface area contributed by atoms with Crippen LogP contribution in [0.3, 0.4) is 0 Å². The van der Waals surface area contributed by atoms with Crippen LogP contribution in [-0.2, 0) is 0 Å². The second-order valence-corrected chi connectivity index (χ2v) is 6.50. The maximum absolute atomic E-state index is 14.4. The summed E-state index contributed by atoms with van der Waals surface area (Å²) in [6, 6.07) is 3.11. The van der Waals surface area contributed by atoms with Gasteiger partial charge in [-0.3, -0.25) is 0 Å². The van der Waals surface area contributed by atoms with Gasteiger partial charge in [0.2, 0.25) is 0 Å². The van der Waals surface area contributed by atoms with Crippen molar-refractivity contribution in [2.24, 2.45) is 5.41 Å². The summed E-state index contributed by atoms with van der Waals surface area (Å²) >= 11 is 0. The van der Waals surface area contributed by atoms with Crippen LogP contribution < -0.4 is 14.8 Å². The maximum Gasteiger partial charge on any atom is 0.163 e. The number of hydrogen-bond donors (Lipinski definition) is 1. The van der Waals surface area contributed by atoms with Crippen LogP contribution >= 0.6 is 0 Å². The highest BCUT2D eigenvalue weighted by Crippen LogP contribution is 2.36. The maximum atomic E-state index is 14.4. The summed E-state index contributed by atoms with van der Waals surface area (Å²) < 4.78 is 24.9. The fraction of sp³-hybridized carbons (Fsp3) is 0.647. The molecule has 3 nitrogen and oxygen atoms in total. The first kappa shape index (κ1) is 17.8. The number of benzene rings is 1. The fourth-order valence-electron chi connectivity index (χ4n) is 2.36. The predicted octanol–water partition coefficient (Wildman–Crippen LogP) is 4.32. The highest BCUT2D eigenvalue weighted by atomic mass is 19.1. The zero-order valence-electron chi connectivity index (χ0n) is 14.0. The Labute approximate surface area is 127 Å². The summed E-state index contributed by atoms with van der Waals surface area (Å²) in [5, 5.41) is 3.44. The highest BCUT2D eigenvalue weighted by molar-refractivity contribution is 5.44. The Morgan fingerprint density at radius 2 is 1.71 bits per heavy atom. The lowest BCUT2D eigenvalue weighted by molar-refractivity contribution is 0.304. The van der Waals surface area contributed by atoms with Gasteiger partial charge in [-0.15, -0.1) is 0 Å². The molecule has 1 aromatic rings. The summed E-state index contributed by atoms with van der Waals surface area (Å²) in [5.41, 5.74) is 0.737. The van der Waals surface area contributed by atoms with Crippen molar-refractivity contribution in [3.8, 4) is 11.5 Å². The van der Waals surface area contributed by atoms with Gasteiger partial charge in [0.25, 0.3) is 0 Å². The molecule has 21 heavy (non-hydrogen) atoms. The molecular formula is C17H28FNO2. The van der Waals surface area contributed by atoms with E-state index in [1.54, 1.807) is 13.2 Å². The monoisotopic (exact) mass is 297 g/mol. The van der Waals surface area contributed by atoms with E-state index in [1.807, 2.05) is 0 Å². The Kier molecular flexibility index (Phi) is 6.46. The lowest BCUT2D eigenvalue weighted by Crippen LogP contribution is -2.27. The third kappa shape index (κ3) is 5.20. The molecule has 0 aliphatic carbocycles. The van der Waals surface area contributed by atoms with Crippen LogP contribution in [0.4, 0.5) is 4.39 Å². The van der Waals surface area contributed by atoms with Crippen LogP contribution in [-0.4, -0.2) is 20.8 Å². The number of ether oxygens (including phenoxy) is 2. The number of nitrogens with one attached hydrogen (secondary N) is 1. The zero-order chi connectivity index (χ0) is 16.0. The molecule has 120 valence electrons. The molecule has 0 heterocycles. The molecule has 1 unspecified atom stereocenters. The second kappa shape index (κ2) is 7.64. The van der Waals surface area contributed by atoms with Crippen LogP contribution in [0.5, 0.6) is 11.5 Å². The average Bonchev–Trinajstić information content (AvgIpc) is 2.42. The first-order chi connectivity index (χ1) is 9.82. The van der Waals surface area contributed by atoms with E-state index < -0.39 is 0 Å². The van der Waals surface area contributed by atoms with Crippen molar-refractivity contribution in [2.75, 3.05) is 20.8 Å². The van der Waals surface area contributed by atoms with Crippen molar-refractivity contribution in [1.82, 2.24) is 5.32 Å². The van der Waals surface area contributed by atoms with Gasteiger partial charge >= 0.3 is 0 Å². The quantitative estimate of drug-likeness (QED) is 0.813.